The van der Waals surface area contributed by atoms with Crippen LogP contribution in [-0.2, 0) is 22.7 Å². The molecule has 2 saturated heterocycles. The zero-order valence-electron chi connectivity index (χ0n) is 16.7. The van der Waals surface area contributed by atoms with Gasteiger partial charge < -0.3 is 10.6 Å². The number of benzene rings is 1. The summed E-state index contributed by atoms with van der Waals surface area (Å²) in [6.45, 7) is 3.30. The average Bonchev–Trinajstić information content (AvgIpc) is 2.98. The van der Waals surface area contributed by atoms with Gasteiger partial charge in [0.2, 0.25) is 11.8 Å². The van der Waals surface area contributed by atoms with Crippen LogP contribution < -0.4 is 11.1 Å². The lowest BCUT2D eigenvalue weighted by Gasteiger charge is -2.52. The largest absolute Gasteiger partial charge is 0.327 e. The van der Waals surface area contributed by atoms with Crippen molar-refractivity contribution in [2.75, 3.05) is 13.1 Å². The third-order valence-corrected chi connectivity index (χ3v) is 7.43. The van der Waals surface area contributed by atoms with Crippen LogP contribution in [0.3, 0.4) is 0 Å². The first-order chi connectivity index (χ1) is 13.9. The number of likely N-dealkylation sites (tertiary alicyclic amines) is 1. The Kier molecular flexibility index (Phi) is 4.47. The van der Waals surface area contributed by atoms with Crippen molar-refractivity contribution in [3.05, 3.63) is 34.9 Å². The zero-order chi connectivity index (χ0) is 20.2. The minimum atomic E-state index is -0.557. The summed E-state index contributed by atoms with van der Waals surface area (Å²) >= 11 is 0. The van der Waals surface area contributed by atoms with Crippen LogP contribution in [0.25, 0.3) is 0 Å². The Morgan fingerprint density at radius 1 is 1.17 bits per heavy atom. The average molecular weight is 396 g/mol. The fourth-order valence-corrected chi connectivity index (χ4v) is 5.52. The maximum absolute atomic E-state index is 13.0. The molecule has 3 aliphatic heterocycles. The molecule has 1 aromatic rings. The molecule has 1 aromatic carbocycles. The second-order valence-corrected chi connectivity index (χ2v) is 9.21. The molecule has 3 heterocycles. The number of carbonyl (C=O) groups is 3. The van der Waals surface area contributed by atoms with E-state index in [2.05, 4.69) is 16.3 Å². The number of amides is 3. The number of nitrogens with two attached hydrogens (primary N) is 1. The highest BCUT2D eigenvalue weighted by molar-refractivity contribution is 6.05. The molecule has 154 valence electrons. The number of nitrogens with one attached hydrogen (secondary N) is 1. The van der Waals surface area contributed by atoms with Crippen LogP contribution in [0.1, 0.15) is 60.0 Å². The molecule has 1 saturated carbocycles. The zero-order valence-corrected chi connectivity index (χ0v) is 16.7. The van der Waals surface area contributed by atoms with Gasteiger partial charge in [-0.1, -0.05) is 18.6 Å². The van der Waals surface area contributed by atoms with E-state index < -0.39 is 6.04 Å². The first-order valence-corrected chi connectivity index (χ1v) is 10.7. The van der Waals surface area contributed by atoms with Crippen molar-refractivity contribution in [2.24, 2.45) is 11.1 Å². The summed E-state index contributed by atoms with van der Waals surface area (Å²) in [6, 6.07) is 5.87. The van der Waals surface area contributed by atoms with Gasteiger partial charge in [0.1, 0.15) is 6.04 Å². The summed E-state index contributed by atoms with van der Waals surface area (Å²) in [5, 5.41) is 2.35. The molecular weight excluding hydrogens is 368 g/mol. The molecule has 3 N–H and O–H groups in total. The smallest absolute Gasteiger partial charge is 0.255 e. The normalized spacial score (nSPS) is 29.0. The molecule has 7 nitrogen and oxygen atoms in total. The maximum atomic E-state index is 13.0. The van der Waals surface area contributed by atoms with Crippen LogP contribution in [0.4, 0.5) is 0 Å². The van der Waals surface area contributed by atoms with Gasteiger partial charge in [-0.05, 0) is 48.3 Å². The SMILES string of the molecule is NC1CCN(Cc2ccc3c(c2)C(=O)N(C2CCC(=O)NC2=O)C3)CC12CCC2. The van der Waals surface area contributed by atoms with Crippen LogP contribution in [0.15, 0.2) is 18.2 Å². The summed E-state index contributed by atoms with van der Waals surface area (Å²) in [6.07, 6.45) is 5.45. The number of nitrogens with zero attached hydrogens (tertiary/aromatic N) is 2. The molecule has 1 spiro atoms. The second-order valence-electron chi connectivity index (χ2n) is 9.21. The Labute approximate surface area is 170 Å². The van der Waals surface area contributed by atoms with Gasteiger partial charge in [0.25, 0.3) is 5.91 Å². The minimum Gasteiger partial charge on any atom is -0.327 e. The summed E-state index contributed by atoms with van der Waals surface area (Å²) in [7, 11) is 0. The van der Waals surface area contributed by atoms with Gasteiger partial charge in [-0.2, -0.15) is 0 Å². The number of fused-ring (bicyclic) bond motifs is 1. The Bertz CT molecular complexity index is 879. The lowest BCUT2D eigenvalue weighted by Crippen LogP contribution is -2.58. The van der Waals surface area contributed by atoms with Crippen LogP contribution in [0.5, 0.6) is 0 Å². The number of imide groups is 1. The second kappa shape index (κ2) is 6.92. The molecule has 7 heteroatoms. The van der Waals surface area contributed by atoms with Crippen LogP contribution in [0, 0.1) is 5.41 Å². The van der Waals surface area contributed by atoms with E-state index in [0.717, 1.165) is 37.2 Å². The minimum absolute atomic E-state index is 0.104. The van der Waals surface area contributed by atoms with E-state index in [1.54, 1.807) is 4.90 Å². The van der Waals surface area contributed by atoms with Gasteiger partial charge in [-0.3, -0.25) is 24.6 Å². The molecule has 5 rings (SSSR count). The molecule has 29 heavy (non-hydrogen) atoms. The van der Waals surface area contributed by atoms with Crippen LogP contribution in [0.2, 0.25) is 0 Å². The quantitative estimate of drug-likeness (QED) is 0.748. The Morgan fingerprint density at radius 3 is 2.72 bits per heavy atom. The van der Waals surface area contributed by atoms with Crippen molar-refractivity contribution in [3.63, 3.8) is 0 Å². The molecule has 1 aliphatic carbocycles. The van der Waals surface area contributed by atoms with Crippen molar-refractivity contribution in [1.82, 2.24) is 15.1 Å². The van der Waals surface area contributed by atoms with E-state index in [1.165, 1.54) is 19.3 Å². The highest BCUT2D eigenvalue weighted by atomic mass is 16.2. The summed E-state index contributed by atoms with van der Waals surface area (Å²) in [5.74, 6) is -0.728. The number of piperidine rings is 2. The molecule has 3 amide bonds. The van der Waals surface area contributed by atoms with Gasteiger partial charge >= 0.3 is 0 Å². The maximum Gasteiger partial charge on any atom is 0.255 e. The van der Waals surface area contributed by atoms with Crippen molar-refractivity contribution in [3.8, 4) is 0 Å². The lowest BCUT2D eigenvalue weighted by atomic mass is 9.61. The molecule has 4 aliphatic rings. The Balaban J connectivity index is 1.29. The number of hydrogen-bond acceptors (Lipinski definition) is 5. The van der Waals surface area contributed by atoms with E-state index >= 15 is 0 Å². The fraction of sp³-hybridized carbons (Fsp3) is 0.591. The molecule has 3 fully saturated rings. The van der Waals surface area contributed by atoms with Gasteiger partial charge in [-0.25, -0.2) is 0 Å². The summed E-state index contributed by atoms with van der Waals surface area (Å²) < 4.78 is 0. The van der Waals surface area contributed by atoms with E-state index in [-0.39, 0.29) is 24.1 Å². The van der Waals surface area contributed by atoms with Gasteiger partial charge in [0, 0.05) is 44.2 Å². The monoisotopic (exact) mass is 396 g/mol. The fourth-order valence-electron chi connectivity index (χ4n) is 5.52. The number of carbonyl (C=O) groups excluding carboxylic acids is 3. The molecule has 0 radical (unpaired) electrons. The summed E-state index contributed by atoms with van der Waals surface area (Å²) in [4.78, 5) is 40.7. The van der Waals surface area contributed by atoms with Crippen molar-refractivity contribution < 1.29 is 14.4 Å². The van der Waals surface area contributed by atoms with E-state index in [4.69, 9.17) is 5.73 Å². The highest BCUT2D eigenvalue weighted by Crippen LogP contribution is 2.47. The predicted octanol–water partition coefficient (Wildman–Crippen LogP) is 1.15. The Hall–Kier alpha value is -2.25. The molecular formula is C22H28N4O3. The molecule has 2 unspecified atom stereocenters. The van der Waals surface area contributed by atoms with Crippen LogP contribution >= 0.6 is 0 Å². The predicted molar refractivity (Wildman–Crippen MR) is 107 cm³/mol. The number of rotatable bonds is 3. The first kappa shape index (κ1) is 18.8. The number of hydrogen-bond donors (Lipinski definition) is 2. The first-order valence-electron chi connectivity index (χ1n) is 10.7. The molecule has 2 atom stereocenters. The van der Waals surface area contributed by atoms with E-state index in [1.807, 2.05) is 12.1 Å². The standard InChI is InChI=1S/C22H28N4O3/c23-18-6-9-25(13-22(18)7-1-8-22)11-14-2-3-15-12-26(21(29)16(15)10-14)17-4-5-19(27)24-20(17)28/h2-3,10,17-18H,1,4-9,11-13,23H2,(H,24,27,28). The lowest BCUT2D eigenvalue weighted by molar-refractivity contribution is -0.136. The van der Waals surface area contributed by atoms with Gasteiger partial charge in [-0.15, -0.1) is 0 Å². The molecule has 0 aromatic heterocycles. The highest BCUT2D eigenvalue weighted by Gasteiger charge is 2.46. The van der Waals surface area contributed by atoms with E-state index in [0.29, 0.717) is 30.0 Å². The Morgan fingerprint density at radius 2 is 2.00 bits per heavy atom. The van der Waals surface area contributed by atoms with Crippen LogP contribution in [-0.4, -0.2) is 52.7 Å². The summed E-state index contributed by atoms with van der Waals surface area (Å²) in [5.41, 5.74) is 9.48. The third-order valence-electron chi connectivity index (χ3n) is 7.43. The van der Waals surface area contributed by atoms with Crippen molar-refractivity contribution in [1.29, 1.82) is 0 Å². The van der Waals surface area contributed by atoms with Gasteiger partial charge in [0.15, 0.2) is 0 Å². The van der Waals surface area contributed by atoms with E-state index in [9.17, 15) is 14.4 Å². The van der Waals surface area contributed by atoms with Crippen molar-refractivity contribution in [2.45, 2.75) is 63.7 Å². The van der Waals surface area contributed by atoms with Crippen molar-refractivity contribution >= 4 is 17.7 Å². The molecule has 0 bridgehead atoms. The topological polar surface area (TPSA) is 95.7 Å². The van der Waals surface area contributed by atoms with Gasteiger partial charge in [0.05, 0.1) is 0 Å². The third kappa shape index (κ3) is 3.16.